The van der Waals surface area contributed by atoms with Gasteiger partial charge in [-0.25, -0.2) is 13.1 Å². The molecule has 4 rings (SSSR count). The summed E-state index contributed by atoms with van der Waals surface area (Å²) < 4.78 is 30.6. The van der Waals surface area contributed by atoms with Gasteiger partial charge >= 0.3 is 0 Å². The molecule has 30 heavy (non-hydrogen) atoms. The highest BCUT2D eigenvalue weighted by molar-refractivity contribution is 7.89. The van der Waals surface area contributed by atoms with Crippen molar-refractivity contribution >= 4 is 21.6 Å². The molecule has 0 radical (unpaired) electrons. The van der Waals surface area contributed by atoms with Crippen molar-refractivity contribution < 1.29 is 8.42 Å². The van der Waals surface area contributed by atoms with E-state index in [0.717, 1.165) is 11.1 Å². The van der Waals surface area contributed by atoms with Crippen molar-refractivity contribution in [1.82, 2.24) is 14.5 Å². The SMILES string of the molecule is O=S(=O)(NCc1ccccc1Cl)c1cn(Cc2ccccc2)nc1-c1ccccc1. The van der Waals surface area contributed by atoms with Crippen LogP contribution in [0.5, 0.6) is 0 Å². The molecular formula is C23H20ClN3O2S. The molecular weight excluding hydrogens is 418 g/mol. The second kappa shape index (κ2) is 8.83. The van der Waals surface area contributed by atoms with E-state index < -0.39 is 10.0 Å². The van der Waals surface area contributed by atoms with Gasteiger partial charge in [0.25, 0.3) is 0 Å². The molecule has 0 amide bonds. The molecule has 3 aromatic carbocycles. The van der Waals surface area contributed by atoms with Crippen LogP contribution in [0.25, 0.3) is 11.3 Å². The first-order chi connectivity index (χ1) is 14.5. The monoisotopic (exact) mass is 437 g/mol. The lowest BCUT2D eigenvalue weighted by molar-refractivity contribution is 0.581. The Labute approximate surface area is 181 Å². The van der Waals surface area contributed by atoms with Crippen LogP contribution in [0.2, 0.25) is 5.02 Å². The molecule has 0 aliphatic carbocycles. The van der Waals surface area contributed by atoms with E-state index in [1.54, 1.807) is 29.1 Å². The van der Waals surface area contributed by atoms with Crippen LogP contribution < -0.4 is 4.72 Å². The van der Waals surface area contributed by atoms with Crippen LogP contribution in [0.15, 0.2) is 96.0 Å². The predicted molar refractivity (Wildman–Crippen MR) is 119 cm³/mol. The average Bonchev–Trinajstić information content (AvgIpc) is 3.19. The van der Waals surface area contributed by atoms with Gasteiger partial charge in [-0.3, -0.25) is 4.68 Å². The van der Waals surface area contributed by atoms with Crippen LogP contribution in [-0.2, 0) is 23.1 Å². The van der Waals surface area contributed by atoms with Gasteiger partial charge in [0.05, 0.1) is 6.54 Å². The first-order valence-corrected chi connectivity index (χ1v) is 11.3. The lowest BCUT2D eigenvalue weighted by Gasteiger charge is -2.08. The molecule has 1 heterocycles. The summed E-state index contributed by atoms with van der Waals surface area (Å²) >= 11 is 6.17. The van der Waals surface area contributed by atoms with Crippen LogP contribution in [0.4, 0.5) is 0 Å². The number of nitrogens with one attached hydrogen (secondary N) is 1. The smallest absolute Gasteiger partial charge is 0.244 e. The Morgan fingerprint density at radius 1 is 0.867 bits per heavy atom. The van der Waals surface area contributed by atoms with Gasteiger partial charge in [-0.15, -0.1) is 0 Å². The molecule has 0 bridgehead atoms. The first kappa shape index (κ1) is 20.3. The molecule has 0 spiro atoms. The summed E-state index contributed by atoms with van der Waals surface area (Å²) in [6.07, 6.45) is 1.57. The van der Waals surface area contributed by atoms with Crippen LogP contribution in [-0.4, -0.2) is 18.2 Å². The van der Waals surface area contributed by atoms with Crippen molar-refractivity contribution in [3.63, 3.8) is 0 Å². The molecule has 4 aromatic rings. The Kier molecular flexibility index (Phi) is 5.99. The lowest BCUT2D eigenvalue weighted by atomic mass is 10.2. The number of halogens is 1. The molecule has 0 unspecified atom stereocenters. The van der Waals surface area contributed by atoms with E-state index in [9.17, 15) is 8.42 Å². The summed E-state index contributed by atoms with van der Waals surface area (Å²) in [6.45, 7) is 0.570. The second-order valence-electron chi connectivity index (χ2n) is 6.81. The summed E-state index contributed by atoms with van der Waals surface area (Å²) in [6, 6.07) is 26.2. The van der Waals surface area contributed by atoms with E-state index in [1.165, 1.54) is 0 Å². The number of rotatable bonds is 7. The summed E-state index contributed by atoms with van der Waals surface area (Å²) in [5.74, 6) is 0. The predicted octanol–water partition coefficient (Wildman–Crippen LogP) is 4.73. The van der Waals surface area contributed by atoms with E-state index in [2.05, 4.69) is 9.82 Å². The quantitative estimate of drug-likeness (QED) is 0.454. The highest BCUT2D eigenvalue weighted by Gasteiger charge is 2.24. The number of nitrogens with zero attached hydrogens (tertiary/aromatic N) is 2. The van der Waals surface area contributed by atoms with Crippen LogP contribution >= 0.6 is 11.6 Å². The molecule has 1 aromatic heterocycles. The number of hydrogen-bond acceptors (Lipinski definition) is 3. The van der Waals surface area contributed by atoms with Crippen molar-refractivity contribution in [3.05, 3.63) is 107 Å². The zero-order chi connectivity index (χ0) is 21.0. The number of sulfonamides is 1. The standard InChI is InChI=1S/C23H20ClN3O2S/c24-21-14-8-7-13-20(21)15-25-30(28,29)22-17-27(16-18-9-3-1-4-10-18)26-23(22)19-11-5-2-6-12-19/h1-14,17,25H,15-16H2. The van der Waals surface area contributed by atoms with Crippen molar-refractivity contribution in [2.45, 2.75) is 18.0 Å². The van der Waals surface area contributed by atoms with Gasteiger partial charge in [-0.1, -0.05) is 90.5 Å². The van der Waals surface area contributed by atoms with Gasteiger partial charge in [-0.2, -0.15) is 5.10 Å². The van der Waals surface area contributed by atoms with Crippen LogP contribution in [0.3, 0.4) is 0 Å². The van der Waals surface area contributed by atoms with Gasteiger partial charge in [0.2, 0.25) is 10.0 Å². The largest absolute Gasteiger partial charge is 0.266 e. The van der Waals surface area contributed by atoms with E-state index in [4.69, 9.17) is 11.6 Å². The van der Waals surface area contributed by atoms with Gasteiger partial charge in [-0.05, 0) is 17.2 Å². The summed E-state index contributed by atoms with van der Waals surface area (Å²) in [4.78, 5) is 0.136. The van der Waals surface area contributed by atoms with Crippen LogP contribution in [0, 0.1) is 0 Å². The maximum Gasteiger partial charge on any atom is 0.244 e. The molecule has 0 aliphatic heterocycles. The van der Waals surface area contributed by atoms with E-state index in [-0.39, 0.29) is 11.4 Å². The van der Waals surface area contributed by atoms with Crippen molar-refractivity contribution in [2.75, 3.05) is 0 Å². The Hall–Kier alpha value is -2.93. The zero-order valence-corrected chi connectivity index (χ0v) is 17.6. The minimum Gasteiger partial charge on any atom is -0.266 e. The third kappa shape index (κ3) is 4.62. The molecule has 152 valence electrons. The maximum atomic E-state index is 13.2. The number of aromatic nitrogens is 2. The maximum absolute atomic E-state index is 13.2. The average molecular weight is 438 g/mol. The molecule has 0 saturated carbocycles. The fraction of sp³-hybridized carbons (Fsp3) is 0.0870. The van der Waals surface area contributed by atoms with Crippen molar-refractivity contribution in [3.8, 4) is 11.3 Å². The van der Waals surface area contributed by atoms with Gasteiger partial charge in [0.1, 0.15) is 10.6 Å². The molecule has 0 aliphatic rings. The topological polar surface area (TPSA) is 64.0 Å². The lowest BCUT2D eigenvalue weighted by Crippen LogP contribution is -2.23. The Balaban J connectivity index is 1.68. The van der Waals surface area contributed by atoms with E-state index >= 15 is 0 Å². The Morgan fingerprint density at radius 3 is 2.20 bits per heavy atom. The molecule has 5 nitrogen and oxygen atoms in total. The van der Waals surface area contributed by atoms with E-state index in [1.807, 2.05) is 66.7 Å². The van der Waals surface area contributed by atoms with Gasteiger partial charge in [0, 0.05) is 23.3 Å². The Bertz CT molecular complexity index is 1240. The van der Waals surface area contributed by atoms with E-state index in [0.29, 0.717) is 22.8 Å². The number of benzene rings is 3. The third-order valence-corrected chi connectivity index (χ3v) is 6.43. The summed E-state index contributed by atoms with van der Waals surface area (Å²) in [5, 5.41) is 5.10. The molecule has 7 heteroatoms. The van der Waals surface area contributed by atoms with Crippen molar-refractivity contribution in [1.29, 1.82) is 0 Å². The zero-order valence-electron chi connectivity index (χ0n) is 16.1. The van der Waals surface area contributed by atoms with Crippen LogP contribution in [0.1, 0.15) is 11.1 Å². The normalized spacial score (nSPS) is 11.5. The highest BCUT2D eigenvalue weighted by Crippen LogP contribution is 2.26. The van der Waals surface area contributed by atoms with Gasteiger partial charge in [0.15, 0.2) is 0 Å². The Morgan fingerprint density at radius 2 is 1.50 bits per heavy atom. The third-order valence-electron chi connectivity index (χ3n) is 4.66. The minimum atomic E-state index is -3.82. The first-order valence-electron chi connectivity index (χ1n) is 9.43. The fourth-order valence-electron chi connectivity index (χ4n) is 3.14. The summed E-state index contributed by atoms with van der Waals surface area (Å²) in [7, 11) is -3.82. The molecule has 0 saturated heterocycles. The van der Waals surface area contributed by atoms with Crippen molar-refractivity contribution in [2.24, 2.45) is 0 Å². The second-order valence-corrected chi connectivity index (χ2v) is 8.95. The van der Waals surface area contributed by atoms with Gasteiger partial charge < -0.3 is 0 Å². The highest BCUT2D eigenvalue weighted by atomic mass is 35.5. The molecule has 0 atom stereocenters. The fourth-order valence-corrected chi connectivity index (χ4v) is 4.52. The summed E-state index contributed by atoms with van der Waals surface area (Å²) in [5.41, 5.74) is 2.90. The number of hydrogen-bond donors (Lipinski definition) is 1. The molecule has 1 N–H and O–H groups in total. The minimum absolute atomic E-state index is 0.0973. The molecule has 0 fully saturated rings.